The Hall–Kier alpha value is -2.94. The van der Waals surface area contributed by atoms with Crippen LogP contribution in [-0.4, -0.2) is 62.8 Å². The maximum absolute atomic E-state index is 13.5. The van der Waals surface area contributed by atoms with Gasteiger partial charge in [0.05, 0.1) is 17.8 Å². The number of pyridine rings is 1. The van der Waals surface area contributed by atoms with E-state index in [0.29, 0.717) is 50.2 Å². The van der Waals surface area contributed by atoms with E-state index >= 15 is 0 Å². The fourth-order valence-corrected chi connectivity index (χ4v) is 5.18. The minimum absolute atomic E-state index is 0.00717. The lowest BCUT2D eigenvalue weighted by Gasteiger charge is -2.43. The quantitative estimate of drug-likeness (QED) is 0.584. The van der Waals surface area contributed by atoms with Crippen molar-refractivity contribution >= 4 is 11.9 Å². The van der Waals surface area contributed by atoms with Crippen LogP contribution in [-0.2, 0) is 23.9 Å². The molecule has 0 aliphatic carbocycles. The summed E-state index contributed by atoms with van der Waals surface area (Å²) >= 11 is 0. The van der Waals surface area contributed by atoms with Gasteiger partial charge in [0.2, 0.25) is 0 Å². The van der Waals surface area contributed by atoms with Gasteiger partial charge in [-0.05, 0) is 56.9 Å². The van der Waals surface area contributed by atoms with E-state index in [0.717, 1.165) is 6.07 Å². The lowest BCUT2D eigenvalue weighted by molar-refractivity contribution is -0.137. The van der Waals surface area contributed by atoms with Gasteiger partial charge < -0.3 is 9.80 Å². The Morgan fingerprint density at radius 2 is 1.82 bits per heavy atom. The Morgan fingerprint density at radius 3 is 2.44 bits per heavy atom. The number of halogens is 3. The fraction of sp³-hybridized carbons (Fsp3) is 0.480. The molecule has 6 nitrogen and oxygen atoms in total. The molecule has 0 saturated carbocycles. The molecule has 1 aromatic heterocycles. The Bertz CT molecular complexity index is 1040. The first kappa shape index (κ1) is 24.2. The van der Waals surface area contributed by atoms with Crippen molar-refractivity contribution in [2.45, 2.75) is 57.4 Å². The highest BCUT2D eigenvalue weighted by Crippen LogP contribution is 2.38. The molecule has 2 aliphatic rings. The first-order valence-electron chi connectivity index (χ1n) is 11.6. The van der Waals surface area contributed by atoms with E-state index in [2.05, 4.69) is 9.88 Å². The predicted octanol–water partition coefficient (Wildman–Crippen LogP) is 4.35. The summed E-state index contributed by atoms with van der Waals surface area (Å²) in [5.74, 6) is -0.185. The van der Waals surface area contributed by atoms with Crippen molar-refractivity contribution in [3.05, 3.63) is 65.5 Å². The SMILES string of the molecule is CCN1C(=O)N(Cc2ccccn2)C(=O)C12CCN(C(C)Cc1cccc(C(F)(F)F)c1)CC2. The Balaban J connectivity index is 1.44. The molecule has 3 amide bonds. The topological polar surface area (TPSA) is 56.8 Å². The number of amides is 3. The highest BCUT2D eigenvalue weighted by atomic mass is 19.4. The van der Waals surface area contributed by atoms with E-state index < -0.39 is 17.3 Å². The first-order chi connectivity index (χ1) is 16.2. The minimum atomic E-state index is -4.36. The molecule has 2 saturated heterocycles. The summed E-state index contributed by atoms with van der Waals surface area (Å²) in [4.78, 5) is 36.0. The highest BCUT2D eigenvalue weighted by molar-refractivity contribution is 6.07. The highest BCUT2D eigenvalue weighted by Gasteiger charge is 2.57. The second-order valence-electron chi connectivity index (χ2n) is 9.06. The number of carbonyl (C=O) groups is 2. The zero-order valence-electron chi connectivity index (χ0n) is 19.4. The van der Waals surface area contributed by atoms with E-state index in [-0.39, 0.29) is 24.5 Å². The van der Waals surface area contributed by atoms with Crippen LogP contribution in [0.25, 0.3) is 0 Å². The molecule has 2 aromatic rings. The standard InChI is InChI=1S/C25H29F3N4O2/c1-3-32-23(34)31(17-21-9-4-5-12-29-21)22(33)24(32)10-13-30(14-11-24)18(2)15-19-7-6-8-20(16-19)25(26,27)28/h4-9,12,16,18H,3,10-11,13-15,17H2,1-2H3. The molecule has 1 atom stereocenters. The molecule has 2 aliphatic heterocycles. The zero-order valence-corrected chi connectivity index (χ0v) is 19.4. The van der Waals surface area contributed by atoms with Crippen LogP contribution < -0.4 is 0 Å². The number of urea groups is 1. The van der Waals surface area contributed by atoms with E-state index in [1.54, 1.807) is 29.3 Å². The molecule has 182 valence electrons. The number of carbonyl (C=O) groups excluding carboxylic acids is 2. The van der Waals surface area contributed by atoms with E-state index in [9.17, 15) is 22.8 Å². The molecule has 3 heterocycles. The molecule has 1 unspecified atom stereocenters. The summed E-state index contributed by atoms with van der Waals surface area (Å²) in [6.07, 6.45) is -1.25. The number of alkyl halides is 3. The second kappa shape index (κ2) is 9.37. The lowest BCUT2D eigenvalue weighted by Crippen LogP contribution is -2.57. The van der Waals surface area contributed by atoms with Crippen LogP contribution in [0.4, 0.5) is 18.0 Å². The van der Waals surface area contributed by atoms with E-state index in [1.165, 1.54) is 17.0 Å². The second-order valence-corrected chi connectivity index (χ2v) is 9.06. The van der Waals surface area contributed by atoms with Crippen molar-refractivity contribution in [1.82, 2.24) is 19.7 Å². The zero-order chi connectivity index (χ0) is 24.5. The molecule has 0 bridgehead atoms. The van der Waals surface area contributed by atoms with Crippen molar-refractivity contribution in [2.24, 2.45) is 0 Å². The van der Waals surface area contributed by atoms with Crippen LogP contribution in [0.3, 0.4) is 0 Å². The number of imide groups is 1. The number of aromatic nitrogens is 1. The third kappa shape index (κ3) is 4.53. The smallest absolute Gasteiger partial charge is 0.310 e. The summed E-state index contributed by atoms with van der Waals surface area (Å²) < 4.78 is 39.2. The van der Waals surface area contributed by atoms with Gasteiger partial charge in [-0.25, -0.2) is 4.79 Å². The number of piperidine rings is 1. The van der Waals surface area contributed by atoms with Gasteiger partial charge in [-0.1, -0.05) is 24.3 Å². The maximum atomic E-state index is 13.5. The van der Waals surface area contributed by atoms with Crippen LogP contribution in [0.2, 0.25) is 0 Å². The normalized spacial score (nSPS) is 19.8. The van der Waals surface area contributed by atoms with Gasteiger partial charge in [0.25, 0.3) is 5.91 Å². The summed E-state index contributed by atoms with van der Waals surface area (Å²) in [6, 6.07) is 10.6. The van der Waals surface area contributed by atoms with Gasteiger partial charge in [0.1, 0.15) is 5.54 Å². The van der Waals surface area contributed by atoms with Crippen molar-refractivity contribution < 1.29 is 22.8 Å². The Labute approximate surface area is 197 Å². The largest absolute Gasteiger partial charge is 0.416 e. The first-order valence-corrected chi connectivity index (χ1v) is 11.6. The monoisotopic (exact) mass is 474 g/mol. The predicted molar refractivity (Wildman–Crippen MR) is 121 cm³/mol. The Morgan fingerprint density at radius 1 is 1.09 bits per heavy atom. The third-order valence-electron chi connectivity index (χ3n) is 7.02. The van der Waals surface area contributed by atoms with Crippen LogP contribution >= 0.6 is 0 Å². The van der Waals surface area contributed by atoms with Crippen molar-refractivity contribution in [3.63, 3.8) is 0 Å². The minimum Gasteiger partial charge on any atom is -0.310 e. The van der Waals surface area contributed by atoms with Gasteiger partial charge in [0.15, 0.2) is 0 Å². The van der Waals surface area contributed by atoms with E-state index in [1.807, 2.05) is 19.9 Å². The fourth-order valence-electron chi connectivity index (χ4n) is 5.18. The number of benzene rings is 1. The lowest BCUT2D eigenvalue weighted by atomic mass is 9.85. The molecule has 1 spiro atoms. The van der Waals surface area contributed by atoms with Gasteiger partial charge in [-0.15, -0.1) is 0 Å². The number of hydrogen-bond acceptors (Lipinski definition) is 4. The molecule has 4 rings (SSSR count). The molecule has 0 radical (unpaired) electrons. The number of rotatable bonds is 6. The number of likely N-dealkylation sites (N-methyl/N-ethyl adjacent to an activating group) is 1. The van der Waals surface area contributed by atoms with Crippen molar-refractivity contribution in [3.8, 4) is 0 Å². The summed E-state index contributed by atoms with van der Waals surface area (Å²) in [5, 5.41) is 0. The number of hydrogen-bond donors (Lipinski definition) is 0. The average Bonchev–Trinajstić information content (AvgIpc) is 3.00. The van der Waals surface area contributed by atoms with Gasteiger partial charge in [-0.3, -0.25) is 14.7 Å². The van der Waals surface area contributed by atoms with E-state index in [4.69, 9.17) is 0 Å². The Kier molecular flexibility index (Phi) is 6.66. The molecular formula is C25H29F3N4O2. The molecule has 0 N–H and O–H groups in total. The van der Waals surface area contributed by atoms with Crippen molar-refractivity contribution in [1.29, 1.82) is 0 Å². The van der Waals surface area contributed by atoms with Gasteiger partial charge >= 0.3 is 12.2 Å². The van der Waals surface area contributed by atoms with Gasteiger partial charge in [-0.2, -0.15) is 13.2 Å². The summed E-state index contributed by atoms with van der Waals surface area (Å²) in [7, 11) is 0. The van der Waals surface area contributed by atoms with Crippen molar-refractivity contribution in [2.75, 3.05) is 19.6 Å². The summed E-state index contributed by atoms with van der Waals surface area (Å²) in [5.41, 5.74) is -0.222. The maximum Gasteiger partial charge on any atom is 0.416 e. The average molecular weight is 475 g/mol. The number of nitrogens with zero attached hydrogens (tertiary/aromatic N) is 4. The van der Waals surface area contributed by atoms with Crippen LogP contribution in [0.1, 0.15) is 43.5 Å². The molecule has 34 heavy (non-hydrogen) atoms. The van der Waals surface area contributed by atoms with Gasteiger partial charge in [0, 0.05) is 31.9 Å². The molecule has 2 fully saturated rings. The molecule has 1 aromatic carbocycles. The third-order valence-corrected chi connectivity index (χ3v) is 7.02. The summed E-state index contributed by atoms with van der Waals surface area (Å²) in [6.45, 7) is 5.63. The number of likely N-dealkylation sites (tertiary alicyclic amines) is 1. The van der Waals surface area contributed by atoms with Crippen LogP contribution in [0, 0.1) is 0 Å². The molecular weight excluding hydrogens is 445 g/mol. The van der Waals surface area contributed by atoms with Crippen LogP contribution in [0.5, 0.6) is 0 Å². The van der Waals surface area contributed by atoms with Crippen LogP contribution in [0.15, 0.2) is 48.7 Å². The molecule has 9 heteroatoms.